The van der Waals surface area contributed by atoms with Crippen LogP contribution in [0.2, 0.25) is 0 Å². The predicted molar refractivity (Wildman–Crippen MR) is 83.1 cm³/mol. The molecule has 0 saturated carbocycles. The number of hydrogen-bond donors (Lipinski definition) is 4. The fraction of sp³-hybridized carbons (Fsp3) is 0.625. The number of furan rings is 1. The van der Waals surface area contributed by atoms with Crippen molar-refractivity contribution in [3.8, 4) is 0 Å². The van der Waals surface area contributed by atoms with Gasteiger partial charge in [-0.1, -0.05) is 0 Å². The molecule has 0 aliphatic heterocycles. The first-order valence-electron chi connectivity index (χ1n) is 7.75. The van der Waals surface area contributed by atoms with E-state index in [1.807, 2.05) is 0 Å². The Bertz CT molecular complexity index is 529. The van der Waals surface area contributed by atoms with Crippen LogP contribution in [0, 0.1) is 0 Å². The van der Waals surface area contributed by atoms with Crippen molar-refractivity contribution in [1.82, 2.24) is 0 Å². The van der Waals surface area contributed by atoms with Crippen molar-refractivity contribution in [2.45, 2.75) is 64.3 Å². The molecule has 0 aliphatic rings. The largest absolute Gasteiger partial charge is 0.472 e. The van der Waals surface area contributed by atoms with Gasteiger partial charge in [-0.05, 0) is 27.7 Å². The number of esters is 2. The van der Waals surface area contributed by atoms with Crippen molar-refractivity contribution in [1.29, 1.82) is 0 Å². The van der Waals surface area contributed by atoms with Crippen LogP contribution in [0.25, 0.3) is 0 Å². The first kappa shape index (κ1) is 21.1. The second kappa shape index (κ2) is 8.95. The fourth-order valence-corrected chi connectivity index (χ4v) is 2.00. The number of aliphatic hydroxyl groups is 4. The van der Waals surface area contributed by atoms with Crippen LogP contribution in [-0.2, 0) is 19.1 Å². The number of aliphatic hydroxyl groups excluding tert-OH is 4. The van der Waals surface area contributed by atoms with E-state index in [-0.39, 0.29) is 11.1 Å². The molecule has 4 atom stereocenters. The Morgan fingerprint density at radius 3 is 1.40 bits per heavy atom. The van der Waals surface area contributed by atoms with E-state index >= 15 is 0 Å². The van der Waals surface area contributed by atoms with E-state index in [0.717, 1.165) is 12.5 Å². The molecule has 0 fully saturated rings. The maximum Gasteiger partial charge on any atom is 0.338 e. The average Bonchev–Trinajstić information content (AvgIpc) is 2.99. The summed E-state index contributed by atoms with van der Waals surface area (Å²) in [5.74, 6) is -2.13. The van der Waals surface area contributed by atoms with Crippen molar-refractivity contribution < 1.29 is 43.9 Å². The third-order valence-corrected chi connectivity index (χ3v) is 3.15. The van der Waals surface area contributed by atoms with Gasteiger partial charge in [-0.25, -0.2) is 9.59 Å². The van der Waals surface area contributed by atoms with Gasteiger partial charge < -0.3 is 34.3 Å². The second-order valence-electron chi connectivity index (χ2n) is 6.03. The number of carbonyl (C=O) groups excluding carboxylic acids is 2. The van der Waals surface area contributed by atoms with Crippen LogP contribution in [0.4, 0.5) is 0 Å². The Balaban J connectivity index is 2.94. The second-order valence-corrected chi connectivity index (χ2v) is 6.03. The zero-order chi connectivity index (χ0) is 19.3. The molecule has 1 rings (SSSR count). The van der Waals surface area contributed by atoms with Gasteiger partial charge in [-0.3, -0.25) is 0 Å². The molecular formula is C16H24O9. The van der Waals surface area contributed by atoms with E-state index in [2.05, 4.69) is 0 Å². The van der Waals surface area contributed by atoms with Crippen molar-refractivity contribution >= 4 is 11.9 Å². The van der Waals surface area contributed by atoms with E-state index in [9.17, 15) is 30.0 Å². The molecule has 0 amide bonds. The highest BCUT2D eigenvalue weighted by Crippen LogP contribution is 2.30. The molecule has 0 radical (unpaired) electrons. The lowest BCUT2D eigenvalue weighted by Gasteiger charge is -2.21. The summed E-state index contributed by atoms with van der Waals surface area (Å²) in [7, 11) is 0. The van der Waals surface area contributed by atoms with E-state index in [4.69, 9.17) is 13.9 Å². The molecule has 0 unspecified atom stereocenters. The van der Waals surface area contributed by atoms with E-state index in [0.29, 0.717) is 0 Å². The molecule has 9 heteroatoms. The van der Waals surface area contributed by atoms with Crippen LogP contribution >= 0.6 is 0 Å². The molecule has 1 heterocycles. The molecule has 25 heavy (non-hydrogen) atoms. The molecule has 0 saturated heterocycles. The Morgan fingerprint density at radius 2 is 1.12 bits per heavy atom. The number of carbonyl (C=O) groups is 2. The molecule has 9 nitrogen and oxygen atoms in total. The van der Waals surface area contributed by atoms with Crippen molar-refractivity contribution in [3.63, 3.8) is 0 Å². The monoisotopic (exact) mass is 360 g/mol. The number of rotatable bonds is 8. The Labute approximate surface area is 144 Å². The zero-order valence-electron chi connectivity index (χ0n) is 14.4. The third kappa shape index (κ3) is 5.53. The van der Waals surface area contributed by atoms with E-state index < -0.39 is 48.6 Å². The van der Waals surface area contributed by atoms with Crippen LogP contribution in [-0.4, -0.2) is 56.8 Å². The molecule has 1 aromatic rings. The van der Waals surface area contributed by atoms with E-state index in [1.54, 1.807) is 27.7 Å². The van der Waals surface area contributed by atoms with Crippen LogP contribution in [0.5, 0.6) is 0 Å². The number of hydrogen-bond acceptors (Lipinski definition) is 9. The molecule has 4 N–H and O–H groups in total. The standard InChI is InChI=1S/C16H24O9/c1-7(2)24-15(21)13(19)11(17)9-5-23-6-10(9)12(18)14(20)16(22)25-8(3)4/h5-8,11-14,17-20H,1-4H3/t11-,12-,13+,14+/m0/s1. The summed E-state index contributed by atoms with van der Waals surface area (Å²) in [4.78, 5) is 23.4. The maximum atomic E-state index is 11.7. The van der Waals surface area contributed by atoms with Gasteiger partial charge in [0.1, 0.15) is 12.2 Å². The summed E-state index contributed by atoms with van der Waals surface area (Å²) in [6.07, 6.45) is -6.50. The lowest BCUT2D eigenvalue weighted by Crippen LogP contribution is -2.34. The molecule has 0 aromatic carbocycles. The van der Waals surface area contributed by atoms with E-state index in [1.165, 1.54) is 0 Å². The van der Waals surface area contributed by atoms with Gasteiger partial charge >= 0.3 is 11.9 Å². The minimum absolute atomic E-state index is 0.169. The molecule has 0 aliphatic carbocycles. The van der Waals surface area contributed by atoms with Gasteiger partial charge in [-0.2, -0.15) is 0 Å². The summed E-state index contributed by atoms with van der Waals surface area (Å²) >= 11 is 0. The number of ether oxygens (including phenoxy) is 2. The van der Waals surface area contributed by atoms with Crippen LogP contribution < -0.4 is 0 Å². The summed E-state index contributed by atoms with van der Waals surface area (Å²) in [6.45, 7) is 6.28. The summed E-state index contributed by atoms with van der Waals surface area (Å²) in [6, 6.07) is 0. The quantitative estimate of drug-likeness (QED) is 0.469. The lowest BCUT2D eigenvalue weighted by atomic mass is 9.97. The van der Waals surface area contributed by atoms with Gasteiger partial charge in [0.2, 0.25) is 0 Å². The lowest BCUT2D eigenvalue weighted by molar-refractivity contribution is -0.165. The van der Waals surface area contributed by atoms with Crippen molar-refractivity contribution in [3.05, 3.63) is 23.7 Å². The summed E-state index contributed by atoms with van der Waals surface area (Å²) in [5.41, 5.74) is -0.339. The third-order valence-electron chi connectivity index (χ3n) is 3.15. The van der Waals surface area contributed by atoms with Gasteiger partial charge in [-0.15, -0.1) is 0 Å². The molecule has 142 valence electrons. The Hall–Kier alpha value is -1.94. The normalized spacial score (nSPS) is 16.4. The first-order valence-corrected chi connectivity index (χ1v) is 7.75. The van der Waals surface area contributed by atoms with Crippen LogP contribution in [0.3, 0.4) is 0 Å². The van der Waals surface area contributed by atoms with Gasteiger partial charge in [0.15, 0.2) is 12.2 Å². The topological polar surface area (TPSA) is 147 Å². The molecular weight excluding hydrogens is 336 g/mol. The zero-order valence-corrected chi connectivity index (χ0v) is 14.4. The van der Waals surface area contributed by atoms with Crippen molar-refractivity contribution in [2.75, 3.05) is 0 Å². The smallest absolute Gasteiger partial charge is 0.338 e. The highest BCUT2D eigenvalue weighted by Gasteiger charge is 2.35. The minimum atomic E-state index is -1.94. The molecule has 0 spiro atoms. The van der Waals surface area contributed by atoms with Gasteiger partial charge in [0.05, 0.1) is 24.7 Å². The van der Waals surface area contributed by atoms with Crippen LogP contribution in [0.15, 0.2) is 16.9 Å². The summed E-state index contributed by atoms with van der Waals surface area (Å²) in [5, 5.41) is 40.0. The first-order chi connectivity index (χ1) is 11.6. The molecule has 0 bridgehead atoms. The average molecular weight is 360 g/mol. The van der Waals surface area contributed by atoms with Gasteiger partial charge in [0, 0.05) is 11.1 Å². The highest BCUT2D eigenvalue weighted by molar-refractivity contribution is 5.76. The van der Waals surface area contributed by atoms with Gasteiger partial charge in [0.25, 0.3) is 0 Å². The SMILES string of the molecule is CC(C)OC(=O)[C@H](O)[C@@H](O)c1cocc1[C@H](O)[C@@H](O)C(=O)OC(C)C. The fourth-order valence-electron chi connectivity index (χ4n) is 2.00. The molecule has 1 aromatic heterocycles. The Morgan fingerprint density at radius 1 is 0.800 bits per heavy atom. The maximum absolute atomic E-state index is 11.7. The van der Waals surface area contributed by atoms with Crippen molar-refractivity contribution in [2.24, 2.45) is 0 Å². The summed E-state index contributed by atoms with van der Waals surface area (Å²) < 4.78 is 14.5. The highest BCUT2D eigenvalue weighted by atomic mass is 16.6. The van der Waals surface area contributed by atoms with Crippen LogP contribution in [0.1, 0.15) is 51.0 Å². The predicted octanol–water partition coefficient (Wildman–Crippen LogP) is -0.0286. The Kier molecular flexibility index (Phi) is 7.56. The minimum Gasteiger partial charge on any atom is -0.472 e.